The molecule has 3 rings (SSSR count). The molecule has 0 spiro atoms. The van der Waals surface area contributed by atoms with Gasteiger partial charge in [0.1, 0.15) is 11.5 Å². The average Bonchev–Trinajstić information content (AvgIpc) is 2.95. The van der Waals surface area contributed by atoms with E-state index in [4.69, 9.17) is 5.73 Å². The first-order valence-electron chi connectivity index (χ1n) is 7.43. The molecule has 6 heteroatoms. The Kier molecular flexibility index (Phi) is 4.02. The van der Waals surface area contributed by atoms with Gasteiger partial charge in [0, 0.05) is 30.1 Å². The summed E-state index contributed by atoms with van der Waals surface area (Å²) in [5.74, 6) is 0.970. The normalized spacial score (nSPS) is 11.0. The van der Waals surface area contributed by atoms with Gasteiger partial charge in [-0.05, 0) is 38.9 Å². The molecule has 0 bridgehead atoms. The molecular weight excluding hydrogens is 276 g/mol. The number of nitrogens with one attached hydrogen (secondary N) is 1. The molecule has 0 atom stereocenters. The third-order valence-electron chi connectivity index (χ3n) is 3.68. The van der Waals surface area contributed by atoms with Gasteiger partial charge in [-0.3, -0.25) is 4.98 Å². The molecule has 3 heterocycles. The summed E-state index contributed by atoms with van der Waals surface area (Å²) in [6.45, 7) is 5.54. The summed E-state index contributed by atoms with van der Waals surface area (Å²) in [5, 5.41) is 8.08. The number of aromatic nitrogens is 4. The first-order valence-corrected chi connectivity index (χ1v) is 7.43. The Morgan fingerprint density at radius 1 is 1.23 bits per heavy atom. The maximum atomic E-state index is 5.57. The highest BCUT2D eigenvalue weighted by molar-refractivity contribution is 5.64. The Balaban J connectivity index is 2.08. The zero-order chi connectivity index (χ0) is 15.5. The number of nitrogens with two attached hydrogens (primary N) is 1. The lowest BCUT2D eigenvalue weighted by atomic mass is 10.2. The van der Waals surface area contributed by atoms with E-state index in [1.165, 1.54) is 0 Å². The van der Waals surface area contributed by atoms with Crippen LogP contribution in [0.1, 0.15) is 17.7 Å². The van der Waals surface area contributed by atoms with Gasteiger partial charge in [0.15, 0.2) is 5.65 Å². The predicted octanol–water partition coefficient (Wildman–Crippen LogP) is 2.17. The van der Waals surface area contributed by atoms with Crippen molar-refractivity contribution in [3.63, 3.8) is 0 Å². The molecule has 3 aromatic rings. The summed E-state index contributed by atoms with van der Waals surface area (Å²) in [5.41, 5.74) is 10.1. The van der Waals surface area contributed by atoms with Crippen LogP contribution in [-0.2, 0) is 0 Å². The summed E-state index contributed by atoms with van der Waals surface area (Å²) in [7, 11) is 0. The van der Waals surface area contributed by atoms with Gasteiger partial charge < -0.3 is 11.1 Å². The van der Waals surface area contributed by atoms with E-state index < -0.39 is 0 Å². The predicted molar refractivity (Wildman–Crippen MR) is 87.9 cm³/mol. The van der Waals surface area contributed by atoms with Crippen LogP contribution in [0.2, 0.25) is 0 Å². The van der Waals surface area contributed by atoms with Crippen molar-refractivity contribution in [2.24, 2.45) is 5.73 Å². The molecule has 0 unspecified atom stereocenters. The molecule has 22 heavy (non-hydrogen) atoms. The van der Waals surface area contributed by atoms with Crippen molar-refractivity contribution in [2.75, 3.05) is 18.4 Å². The molecule has 0 aliphatic rings. The molecule has 0 aliphatic heterocycles. The second kappa shape index (κ2) is 6.11. The summed E-state index contributed by atoms with van der Waals surface area (Å²) in [6, 6.07) is 7.76. The van der Waals surface area contributed by atoms with Crippen LogP contribution in [0.3, 0.4) is 0 Å². The second-order valence-electron chi connectivity index (χ2n) is 5.25. The minimum Gasteiger partial charge on any atom is -0.370 e. The van der Waals surface area contributed by atoms with Crippen LogP contribution in [-0.4, -0.2) is 32.7 Å². The Morgan fingerprint density at radius 3 is 2.82 bits per heavy atom. The Bertz CT molecular complexity index is 778. The second-order valence-corrected chi connectivity index (χ2v) is 5.25. The fourth-order valence-electron chi connectivity index (χ4n) is 2.36. The minimum atomic E-state index is 0.664. The third-order valence-corrected chi connectivity index (χ3v) is 3.68. The van der Waals surface area contributed by atoms with Crippen LogP contribution in [0.25, 0.3) is 17.0 Å². The van der Waals surface area contributed by atoms with Gasteiger partial charge in [-0.25, -0.2) is 4.98 Å². The number of fused-ring (bicyclic) bond motifs is 1. The van der Waals surface area contributed by atoms with Crippen LogP contribution in [0.5, 0.6) is 0 Å². The summed E-state index contributed by atoms with van der Waals surface area (Å²) >= 11 is 0. The number of aryl methyl sites for hydroxylation is 1. The monoisotopic (exact) mass is 296 g/mol. The maximum Gasteiger partial charge on any atom is 0.158 e. The van der Waals surface area contributed by atoms with E-state index in [1.54, 1.807) is 6.20 Å². The molecule has 0 saturated carbocycles. The molecule has 0 saturated heterocycles. The van der Waals surface area contributed by atoms with Crippen molar-refractivity contribution in [2.45, 2.75) is 20.3 Å². The van der Waals surface area contributed by atoms with E-state index in [0.29, 0.717) is 6.54 Å². The van der Waals surface area contributed by atoms with E-state index >= 15 is 0 Å². The van der Waals surface area contributed by atoms with E-state index in [9.17, 15) is 0 Å². The van der Waals surface area contributed by atoms with Crippen LogP contribution >= 0.6 is 0 Å². The van der Waals surface area contributed by atoms with Crippen molar-refractivity contribution < 1.29 is 0 Å². The van der Waals surface area contributed by atoms with Gasteiger partial charge in [0.25, 0.3) is 0 Å². The number of pyridine rings is 1. The largest absolute Gasteiger partial charge is 0.370 e. The number of nitrogens with zero attached hydrogens (tertiary/aromatic N) is 4. The fraction of sp³-hybridized carbons (Fsp3) is 0.312. The van der Waals surface area contributed by atoms with E-state index in [0.717, 1.165) is 47.1 Å². The van der Waals surface area contributed by atoms with Crippen molar-refractivity contribution in [3.05, 3.63) is 41.7 Å². The van der Waals surface area contributed by atoms with Gasteiger partial charge in [0.2, 0.25) is 0 Å². The number of rotatable bonds is 5. The van der Waals surface area contributed by atoms with E-state index in [2.05, 4.69) is 27.3 Å². The van der Waals surface area contributed by atoms with Crippen molar-refractivity contribution in [3.8, 4) is 11.4 Å². The molecule has 3 N–H and O–H groups in total. The molecule has 0 radical (unpaired) electrons. The molecule has 0 aromatic carbocycles. The average molecular weight is 296 g/mol. The number of anilines is 1. The van der Waals surface area contributed by atoms with Crippen LogP contribution in [0, 0.1) is 13.8 Å². The number of hydrogen-bond donors (Lipinski definition) is 2. The van der Waals surface area contributed by atoms with Crippen LogP contribution in [0.4, 0.5) is 5.82 Å². The van der Waals surface area contributed by atoms with Crippen LogP contribution < -0.4 is 11.1 Å². The fourth-order valence-corrected chi connectivity index (χ4v) is 2.36. The molecular formula is C16H20N6. The van der Waals surface area contributed by atoms with Gasteiger partial charge in [-0.2, -0.15) is 9.61 Å². The molecule has 0 amide bonds. The maximum absolute atomic E-state index is 5.57. The van der Waals surface area contributed by atoms with Crippen LogP contribution in [0.15, 0.2) is 30.5 Å². The van der Waals surface area contributed by atoms with E-state index in [-0.39, 0.29) is 0 Å². The minimum absolute atomic E-state index is 0.664. The molecule has 6 nitrogen and oxygen atoms in total. The standard InChI is InChI=1S/C16H20N6/c1-11-12(2)20-15-10-14(13-6-3-4-8-18-13)21-22(15)16(11)19-9-5-7-17/h3-4,6,8,10,19H,5,7,9,17H2,1-2H3. The van der Waals surface area contributed by atoms with Crippen molar-refractivity contribution in [1.29, 1.82) is 0 Å². The lowest BCUT2D eigenvalue weighted by molar-refractivity contribution is 0.846. The van der Waals surface area contributed by atoms with Gasteiger partial charge in [0.05, 0.1) is 5.69 Å². The van der Waals surface area contributed by atoms with E-state index in [1.807, 2.05) is 35.7 Å². The summed E-state index contributed by atoms with van der Waals surface area (Å²) in [4.78, 5) is 8.97. The molecule has 0 fully saturated rings. The molecule has 3 aromatic heterocycles. The highest BCUT2D eigenvalue weighted by atomic mass is 15.3. The first kappa shape index (κ1) is 14.5. The molecule has 114 valence electrons. The lowest BCUT2D eigenvalue weighted by Gasteiger charge is -2.12. The van der Waals surface area contributed by atoms with Crippen molar-refractivity contribution >= 4 is 11.5 Å². The zero-order valence-corrected chi connectivity index (χ0v) is 12.9. The van der Waals surface area contributed by atoms with Crippen molar-refractivity contribution in [1.82, 2.24) is 19.6 Å². The van der Waals surface area contributed by atoms with Gasteiger partial charge in [-0.1, -0.05) is 6.07 Å². The summed E-state index contributed by atoms with van der Waals surface area (Å²) < 4.78 is 1.85. The van der Waals surface area contributed by atoms with Gasteiger partial charge >= 0.3 is 0 Å². The lowest BCUT2D eigenvalue weighted by Crippen LogP contribution is -2.13. The highest BCUT2D eigenvalue weighted by Gasteiger charge is 2.13. The Labute approximate surface area is 129 Å². The number of hydrogen-bond acceptors (Lipinski definition) is 5. The highest BCUT2D eigenvalue weighted by Crippen LogP contribution is 2.23. The quantitative estimate of drug-likeness (QED) is 0.705. The smallest absolute Gasteiger partial charge is 0.158 e. The Hall–Kier alpha value is -2.47. The third kappa shape index (κ3) is 2.65. The SMILES string of the molecule is Cc1nc2cc(-c3ccccn3)nn2c(NCCCN)c1C. The molecule has 0 aliphatic carbocycles. The zero-order valence-electron chi connectivity index (χ0n) is 12.9. The Morgan fingerprint density at radius 2 is 2.09 bits per heavy atom. The topological polar surface area (TPSA) is 81.1 Å². The first-order chi connectivity index (χ1) is 10.7. The van der Waals surface area contributed by atoms with Gasteiger partial charge in [-0.15, -0.1) is 0 Å². The summed E-state index contributed by atoms with van der Waals surface area (Å²) in [6.07, 6.45) is 2.68.